The first-order valence-corrected chi connectivity index (χ1v) is 6.31. The van der Waals surface area contributed by atoms with Crippen molar-refractivity contribution in [1.82, 2.24) is 15.5 Å². The second kappa shape index (κ2) is 6.36. The number of rotatable bonds is 6. The van der Waals surface area contributed by atoms with E-state index in [-0.39, 0.29) is 30.1 Å². The number of alkyl halides is 3. The van der Waals surface area contributed by atoms with Gasteiger partial charge in [-0.25, -0.2) is 0 Å². The summed E-state index contributed by atoms with van der Waals surface area (Å²) in [5, 5.41) is 6.73. The Bertz CT molecular complexity index is 390. The Hall–Kier alpha value is -1.11. The normalized spacial score (nSPS) is 15.8. The van der Waals surface area contributed by atoms with E-state index in [0.717, 1.165) is 0 Å². The highest BCUT2D eigenvalue weighted by Crippen LogP contribution is 2.27. The lowest BCUT2D eigenvalue weighted by Gasteiger charge is -2.23. The summed E-state index contributed by atoms with van der Waals surface area (Å²) in [5.41, 5.74) is 0. The zero-order valence-electron chi connectivity index (χ0n) is 11.6. The molecule has 0 bridgehead atoms. The first-order chi connectivity index (χ1) is 8.74. The standard InChI is InChI=1S/C12H20F3N3O/c1-7(2)10(8(3)16-4)11-17-9(18-19-11)5-6-12(13,14)15/h7-8,10,16H,5-6H2,1-4H3. The molecular formula is C12H20F3N3O. The Morgan fingerprint density at radius 3 is 2.37 bits per heavy atom. The number of hydrogen-bond donors (Lipinski definition) is 1. The van der Waals surface area contributed by atoms with Gasteiger partial charge in [-0.05, 0) is 19.9 Å². The highest BCUT2D eigenvalue weighted by Gasteiger charge is 2.30. The lowest BCUT2D eigenvalue weighted by Crippen LogP contribution is -2.32. The summed E-state index contributed by atoms with van der Waals surface area (Å²) < 4.78 is 41.5. The van der Waals surface area contributed by atoms with E-state index in [9.17, 15) is 13.2 Å². The van der Waals surface area contributed by atoms with E-state index in [1.807, 2.05) is 27.8 Å². The van der Waals surface area contributed by atoms with Crippen LogP contribution < -0.4 is 5.32 Å². The smallest absolute Gasteiger partial charge is 0.339 e. The third-order valence-corrected chi connectivity index (χ3v) is 3.11. The van der Waals surface area contributed by atoms with Crippen molar-refractivity contribution in [3.05, 3.63) is 11.7 Å². The summed E-state index contributed by atoms with van der Waals surface area (Å²) in [6.45, 7) is 6.00. The summed E-state index contributed by atoms with van der Waals surface area (Å²) in [7, 11) is 1.82. The topological polar surface area (TPSA) is 51.0 Å². The minimum Gasteiger partial charge on any atom is -0.339 e. The number of nitrogens with one attached hydrogen (secondary N) is 1. The fraction of sp³-hybridized carbons (Fsp3) is 0.833. The fourth-order valence-corrected chi connectivity index (χ4v) is 2.01. The molecule has 1 N–H and O–H groups in total. The molecule has 1 aromatic heterocycles. The van der Waals surface area contributed by atoms with Crippen molar-refractivity contribution in [2.45, 2.75) is 51.7 Å². The van der Waals surface area contributed by atoms with Gasteiger partial charge in [-0.15, -0.1) is 0 Å². The van der Waals surface area contributed by atoms with Crippen molar-refractivity contribution in [3.8, 4) is 0 Å². The Kier molecular flexibility index (Phi) is 5.34. The van der Waals surface area contributed by atoms with Crippen LogP contribution in [0.1, 0.15) is 44.8 Å². The molecule has 0 fully saturated rings. The summed E-state index contributed by atoms with van der Waals surface area (Å²) in [4.78, 5) is 4.09. The number of hydrogen-bond acceptors (Lipinski definition) is 4. The van der Waals surface area contributed by atoms with E-state index < -0.39 is 12.6 Å². The van der Waals surface area contributed by atoms with Crippen LogP contribution in [0.15, 0.2) is 4.52 Å². The molecule has 4 nitrogen and oxygen atoms in total. The van der Waals surface area contributed by atoms with Crippen LogP contribution >= 0.6 is 0 Å². The zero-order valence-corrected chi connectivity index (χ0v) is 11.6. The van der Waals surface area contributed by atoms with Crippen molar-refractivity contribution in [3.63, 3.8) is 0 Å². The average Bonchev–Trinajstić information content (AvgIpc) is 2.73. The lowest BCUT2D eigenvalue weighted by atomic mass is 9.89. The number of likely N-dealkylation sites (N-methyl/N-ethyl adjacent to an activating group) is 1. The SMILES string of the molecule is CNC(C)C(c1nc(CCC(F)(F)F)no1)C(C)C. The van der Waals surface area contributed by atoms with Gasteiger partial charge in [0.1, 0.15) is 0 Å². The molecule has 0 saturated heterocycles. The summed E-state index contributed by atoms with van der Waals surface area (Å²) in [6, 6.07) is 0.107. The van der Waals surface area contributed by atoms with Gasteiger partial charge in [0.25, 0.3) is 0 Å². The first kappa shape index (κ1) is 15.9. The first-order valence-electron chi connectivity index (χ1n) is 6.31. The van der Waals surface area contributed by atoms with E-state index >= 15 is 0 Å². The maximum atomic E-state index is 12.1. The van der Waals surface area contributed by atoms with E-state index in [2.05, 4.69) is 15.5 Å². The predicted molar refractivity (Wildman–Crippen MR) is 64.8 cm³/mol. The molecule has 1 aromatic rings. The third kappa shape index (κ3) is 4.81. The highest BCUT2D eigenvalue weighted by atomic mass is 19.4. The Morgan fingerprint density at radius 2 is 1.89 bits per heavy atom. The van der Waals surface area contributed by atoms with Gasteiger partial charge in [-0.2, -0.15) is 18.2 Å². The van der Waals surface area contributed by atoms with Crippen molar-refractivity contribution in [2.75, 3.05) is 7.05 Å². The molecule has 0 aliphatic heterocycles. The van der Waals surface area contributed by atoms with Crippen molar-refractivity contribution >= 4 is 0 Å². The van der Waals surface area contributed by atoms with Crippen LogP contribution in [0.3, 0.4) is 0 Å². The van der Waals surface area contributed by atoms with Gasteiger partial charge in [0.05, 0.1) is 12.3 Å². The summed E-state index contributed by atoms with van der Waals surface area (Å²) in [5.74, 6) is 0.741. The van der Waals surface area contributed by atoms with Gasteiger partial charge in [0, 0.05) is 12.5 Å². The molecule has 7 heteroatoms. The highest BCUT2D eigenvalue weighted by molar-refractivity contribution is 5.00. The molecular weight excluding hydrogens is 259 g/mol. The van der Waals surface area contributed by atoms with E-state index in [0.29, 0.717) is 5.89 Å². The second-order valence-electron chi connectivity index (χ2n) is 5.01. The van der Waals surface area contributed by atoms with Gasteiger partial charge < -0.3 is 9.84 Å². The number of nitrogens with zero attached hydrogens (tertiary/aromatic N) is 2. The molecule has 19 heavy (non-hydrogen) atoms. The molecule has 0 aliphatic carbocycles. The van der Waals surface area contributed by atoms with Crippen LogP contribution in [0.5, 0.6) is 0 Å². The minimum atomic E-state index is -4.20. The Labute approximate surface area is 110 Å². The monoisotopic (exact) mass is 279 g/mol. The number of halogens is 3. The molecule has 110 valence electrons. The predicted octanol–water partition coefficient (Wildman–Crippen LogP) is 2.91. The Morgan fingerprint density at radius 1 is 1.26 bits per heavy atom. The largest absolute Gasteiger partial charge is 0.389 e. The molecule has 2 unspecified atom stereocenters. The molecule has 0 saturated carbocycles. The van der Waals surface area contributed by atoms with Crippen LogP contribution in [0.2, 0.25) is 0 Å². The number of aromatic nitrogens is 2. The minimum absolute atomic E-state index is 0.0165. The van der Waals surface area contributed by atoms with E-state index in [4.69, 9.17) is 4.52 Å². The number of aryl methyl sites for hydroxylation is 1. The van der Waals surface area contributed by atoms with Crippen LogP contribution in [0, 0.1) is 5.92 Å². The molecule has 0 aliphatic rings. The Balaban J connectivity index is 2.76. The van der Waals surface area contributed by atoms with Gasteiger partial charge in [-0.3, -0.25) is 0 Å². The molecule has 0 aromatic carbocycles. The summed E-state index contributed by atoms with van der Waals surface area (Å²) in [6.07, 6.45) is -5.37. The van der Waals surface area contributed by atoms with Crippen molar-refractivity contribution < 1.29 is 17.7 Å². The molecule has 0 radical (unpaired) electrons. The van der Waals surface area contributed by atoms with Crippen LogP contribution in [0.25, 0.3) is 0 Å². The molecule has 2 atom stereocenters. The maximum Gasteiger partial charge on any atom is 0.389 e. The van der Waals surface area contributed by atoms with Crippen molar-refractivity contribution in [2.24, 2.45) is 5.92 Å². The van der Waals surface area contributed by atoms with Crippen LogP contribution in [-0.4, -0.2) is 29.4 Å². The van der Waals surface area contributed by atoms with Crippen LogP contribution in [-0.2, 0) is 6.42 Å². The third-order valence-electron chi connectivity index (χ3n) is 3.11. The van der Waals surface area contributed by atoms with Crippen LogP contribution in [0.4, 0.5) is 13.2 Å². The molecule has 0 amide bonds. The second-order valence-corrected chi connectivity index (χ2v) is 5.01. The van der Waals surface area contributed by atoms with E-state index in [1.165, 1.54) is 0 Å². The summed E-state index contributed by atoms with van der Waals surface area (Å²) >= 11 is 0. The molecule has 0 spiro atoms. The maximum absolute atomic E-state index is 12.1. The van der Waals surface area contributed by atoms with E-state index in [1.54, 1.807) is 0 Å². The average molecular weight is 279 g/mol. The molecule has 1 heterocycles. The fourth-order valence-electron chi connectivity index (χ4n) is 2.01. The lowest BCUT2D eigenvalue weighted by molar-refractivity contribution is -0.134. The van der Waals surface area contributed by atoms with Gasteiger partial charge in [0.2, 0.25) is 5.89 Å². The quantitative estimate of drug-likeness (QED) is 0.870. The molecule has 1 rings (SSSR count). The zero-order chi connectivity index (χ0) is 14.6. The van der Waals surface area contributed by atoms with Gasteiger partial charge in [-0.1, -0.05) is 19.0 Å². The van der Waals surface area contributed by atoms with Crippen molar-refractivity contribution in [1.29, 1.82) is 0 Å². The van der Waals surface area contributed by atoms with Gasteiger partial charge in [0.15, 0.2) is 5.82 Å². The van der Waals surface area contributed by atoms with Gasteiger partial charge >= 0.3 is 6.18 Å².